The quantitative estimate of drug-likeness (QED) is 0.873. The van der Waals surface area contributed by atoms with E-state index in [1.807, 2.05) is 19.1 Å². The molecule has 0 saturated carbocycles. The maximum Gasteiger partial charge on any atom is 0.123 e. The van der Waals surface area contributed by atoms with E-state index in [0.29, 0.717) is 0 Å². The van der Waals surface area contributed by atoms with Crippen LogP contribution in [0.5, 0.6) is 0 Å². The first kappa shape index (κ1) is 12.8. The topological polar surface area (TPSA) is 26.0 Å². The molecule has 0 bridgehead atoms. The van der Waals surface area contributed by atoms with Crippen LogP contribution in [0.25, 0.3) is 0 Å². The van der Waals surface area contributed by atoms with Gasteiger partial charge >= 0.3 is 0 Å². The van der Waals surface area contributed by atoms with E-state index in [-0.39, 0.29) is 11.9 Å². The first-order valence-electron chi connectivity index (χ1n) is 6.22. The zero-order chi connectivity index (χ0) is 13.1. The Labute approximate surface area is 107 Å². The van der Waals surface area contributed by atoms with E-state index in [2.05, 4.69) is 19.1 Å². The Balaban J connectivity index is 2.37. The van der Waals surface area contributed by atoms with Crippen LogP contribution in [0, 0.1) is 12.7 Å². The molecule has 0 amide bonds. The highest BCUT2D eigenvalue weighted by atomic mass is 19.1. The number of halogens is 1. The molecule has 0 aliphatic heterocycles. The standard InChI is InChI=1S/C16H18FN/c1-3-12-5-4-6-13(10-12)16(18)15-8-7-14(17)9-11(15)2/h4-10,16H,3,18H2,1-2H3. The predicted molar refractivity (Wildman–Crippen MR) is 73.0 cm³/mol. The molecule has 1 unspecified atom stereocenters. The highest BCUT2D eigenvalue weighted by Crippen LogP contribution is 2.24. The molecule has 0 aliphatic rings. The van der Waals surface area contributed by atoms with Gasteiger partial charge in [-0.25, -0.2) is 4.39 Å². The van der Waals surface area contributed by atoms with E-state index in [1.165, 1.54) is 17.7 Å². The minimum Gasteiger partial charge on any atom is -0.320 e. The van der Waals surface area contributed by atoms with E-state index in [4.69, 9.17) is 5.73 Å². The second-order valence-corrected chi connectivity index (χ2v) is 4.58. The van der Waals surface area contributed by atoms with Crippen molar-refractivity contribution in [2.24, 2.45) is 5.73 Å². The molecule has 18 heavy (non-hydrogen) atoms. The Hall–Kier alpha value is -1.67. The summed E-state index contributed by atoms with van der Waals surface area (Å²) in [4.78, 5) is 0. The summed E-state index contributed by atoms with van der Waals surface area (Å²) in [5.74, 6) is -0.217. The summed E-state index contributed by atoms with van der Waals surface area (Å²) in [6, 6.07) is 12.8. The molecule has 94 valence electrons. The third-order valence-electron chi connectivity index (χ3n) is 3.29. The molecular weight excluding hydrogens is 225 g/mol. The van der Waals surface area contributed by atoms with Gasteiger partial charge in [-0.3, -0.25) is 0 Å². The Kier molecular flexibility index (Phi) is 3.78. The summed E-state index contributed by atoms with van der Waals surface area (Å²) in [7, 11) is 0. The lowest BCUT2D eigenvalue weighted by Crippen LogP contribution is -2.13. The molecule has 1 nitrogen and oxygen atoms in total. The summed E-state index contributed by atoms with van der Waals surface area (Å²) >= 11 is 0. The molecule has 2 heteroatoms. The van der Waals surface area contributed by atoms with Crippen LogP contribution in [0.3, 0.4) is 0 Å². The maximum atomic E-state index is 13.1. The Bertz CT molecular complexity index is 549. The Morgan fingerprint density at radius 3 is 2.61 bits per heavy atom. The van der Waals surface area contributed by atoms with Crippen molar-refractivity contribution >= 4 is 0 Å². The molecule has 2 rings (SSSR count). The van der Waals surface area contributed by atoms with Gasteiger partial charge in [0.2, 0.25) is 0 Å². The van der Waals surface area contributed by atoms with Crippen molar-refractivity contribution in [2.45, 2.75) is 26.3 Å². The van der Waals surface area contributed by atoms with Crippen molar-refractivity contribution in [3.05, 3.63) is 70.5 Å². The minimum atomic E-state index is -0.217. The average molecular weight is 243 g/mol. The van der Waals surface area contributed by atoms with Crippen molar-refractivity contribution in [1.82, 2.24) is 0 Å². The molecule has 0 heterocycles. The lowest BCUT2D eigenvalue weighted by atomic mass is 9.94. The first-order chi connectivity index (χ1) is 8.61. The minimum absolute atomic E-state index is 0.197. The fraction of sp³-hybridized carbons (Fsp3) is 0.250. The van der Waals surface area contributed by atoms with Crippen molar-refractivity contribution < 1.29 is 4.39 Å². The largest absolute Gasteiger partial charge is 0.320 e. The van der Waals surface area contributed by atoms with Gasteiger partial charge in [-0.05, 0) is 47.7 Å². The Morgan fingerprint density at radius 1 is 1.17 bits per heavy atom. The number of hydrogen-bond donors (Lipinski definition) is 1. The second kappa shape index (κ2) is 5.32. The number of nitrogens with two attached hydrogens (primary N) is 1. The van der Waals surface area contributed by atoms with Gasteiger partial charge in [-0.15, -0.1) is 0 Å². The normalized spacial score (nSPS) is 12.4. The molecule has 2 aromatic carbocycles. The summed E-state index contributed by atoms with van der Waals surface area (Å²) in [5, 5.41) is 0. The molecule has 0 saturated heterocycles. The van der Waals surface area contributed by atoms with Crippen molar-refractivity contribution in [1.29, 1.82) is 0 Å². The van der Waals surface area contributed by atoms with Gasteiger partial charge in [0.05, 0.1) is 6.04 Å². The van der Waals surface area contributed by atoms with Gasteiger partial charge in [-0.1, -0.05) is 37.3 Å². The summed E-state index contributed by atoms with van der Waals surface area (Å²) in [5.41, 5.74) is 10.5. The molecule has 1 atom stereocenters. The van der Waals surface area contributed by atoms with Gasteiger partial charge in [0, 0.05) is 0 Å². The zero-order valence-electron chi connectivity index (χ0n) is 10.8. The zero-order valence-corrected chi connectivity index (χ0v) is 10.8. The maximum absolute atomic E-state index is 13.1. The van der Waals surface area contributed by atoms with Crippen LogP contribution in [0.2, 0.25) is 0 Å². The first-order valence-corrected chi connectivity index (χ1v) is 6.22. The third-order valence-corrected chi connectivity index (χ3v) is 3.29. The summed E-state index contributed by atoms with van der Waals surface area (Å²) in [6.07, 6.45) is 0.989. The van der Waals surface area contributed by atoms with Crippen LogP contribution in [0.15, 0.2) is 42.5 Å². The molecule has 2 aromatic rings. The van der Waals surface area contributed by atoms with Crippen molar-refractivity contribution in [3.63, 3.8) is 0 Å². The highest BCUT2D eigenvalue weighted by Gasteiger charge is 2.12. The summed E-state index contributed by atoms with van der Waals surface area (Å²) < 4.78 is 13.1. The fourth-order valence-electron chi connectivity index (χ4n) is 2.17. The third kappa shape index (κ3) is 2.59. The lowest BCUT2D eigenvalue weighted by Gasteiger charge is -2.16. The van der Waals surface area contributed by atoms with Crippen LogP contribution >= 0.6 is 0 Å². The van der Waals surface area contributed by atoms with Gasteiger partial charge < -0.3 is 5.73 Å². The van der Waals surface area contributed by atoms with Crippen LogP contribution in [0.1, 0.15) is 35.2 Å². The molecule has 0 fully saturated rings. The SMILES string of the molecule is CCc1cccc(C(N)c2ccc(F)cc2C)c1. The fourth-order valence-corrected chi connectivity index (χ4v) is 2.17. The van der Waals surface area contributed by atoms with Crippen molar-refractivity contribution in [3.8, 4) is 0 Å². The monoisotopic (exact) mass is 243 g/mol. The number of rotatable bonds is 3. The number of benzene rings is 2. The smallest absolute Gasteiger partial charge is 0.123 e. The molecule has 0 aliphatic carbocycles. The van der Waals surface area contributed by atoms with Gasteiger partial charge in [0.1, 0.15) is 5.82 Å². The predicted octanol–water partition coefficient (Wildman–Crippen LogP) is 3.74. The molecular formula is C16H18FN. The van der Waals surface area contributed by atoms with Crippen LogP contribution in [-0.4, -0.2) is 0 Å². The molecule has 2 N–H and O–H groups in total. The van der Waals surface area contributed by atoms with Crippen LogP contribution < -0.4 is 5.73 Å². The lowest BCUT2D eigenvalue weighted by molar-refractivity contribution is 0.624. The highest BCUT2D eigenvalue weighted by molar-refractivity contribution is 5.38. The van der Waals surface area contributed by atoms with Gasteiger partial charge in [0.25, 0.3) is 0 Å². The van der Waals surface area contributed by atoms with E-state index in [0.717, 1.165) is 23.1 Å². The Morgan fingerprint density at radius 2 is 1.94 bits per heavy atom. The molecule has 0 aromatic heterocycles. The number of aryl methyl sites for hydroxylation is 2. The van der Waals surface area contributed by atoms with E-state index < -0.39 is 0 Å². The van der Waals surface area contributed by atoms with Crippen LogP contribution in [-0.2, 0) is 6.42 Å². The molecule has 0 spiro atoms. The van der Waals surface area contributed by atoms with E-state index in [9.17, 15) is 4.39 Å². The van der Waals surface area contributed by atoms with Gasteiger partial charge in [-0.2, -0.15) is 0 Å². The second-order valence-electron chi connectivity index (χ2n) is 4.58. The average Bonchev–Trinajstić information content (AvgIpc) is 2.38. The van der Waals surface area contributed by atoms with Gasteiger partial charge in [0.15, 0.2) is 0 Å². The van der Waals surface area contributed by atoms with E-state index >= 15 is 0 Å². The van der Waals surface area contributed by atoms with Crippen molar-refractivity contribution in [2.75, 3.05) is 0 Å². The van der Waals surface area contributed by atoms with E-state index in [1.54, 1.807) is 6.07 Å². The van der Waals surface area contributed by atoms with Crippen LogP contribution in [0.4, 0.5) is 4.39 Å². The molecule has 0 radical (unpaired) electrons. The summed E-state index contributed by atoms with van der Waals surface area (Å²) in [6.45, 7) is 4.01. The number of hydrogen-bond acceptors (Lipinski definition) is 1.